The van der Waals surface area contributed by atoms with Gasteiger partial charge in [0.05, 0.1) is 0 Å². The third-order valence-corrected chi connectivity index (χ3v) is 9.15. The average molecular weight is 779 g/mol. The van der Waals surface area contributed by atoms with Gasteiger partial charge < -0.3 is 14.2 Å². The summed E-state index contributed by atoms with van der Waals surface area (Å²) in [5, 5.41) is 0. The average Bonchev–Trinajstić information content (AvgIpc) is 3.19. The Hall–Kier alpha value is -3.41. The summed E-state index contributed by atoms with van der Waals surface area (Å²) >= 11 is 0. The molecule has 56 heavy (non-hydrogen) atoms. The molecule has 6 nitrogen and oxygen atoms in total. The highest BCUT2D eigenvalue weighted by Gasteiger charge is 2.19. The molecule has 0 aliphatic carbocycles. The largest absolute Gasteiger partial charge is 0.462 e. The lowest BCUT2D eigenvalue weighted by molar-refractivity contribution is -0.167. The van der Waals surface area contributed by atoms with Gasteiger partial charge >= 0.3 is 17.9 Å². The summed E-state index contributed by atoms with van der Waals surface area (Å²) in [5.74, 6) is -0.984. The molecule has 318 valence electrons. The highest BCUT2D eigenvalue weighted by atomic mass is 16.6. The van der Waals surface area contributed by atoms with Gasteiger partial charge in [-0.3, -0.25) is 14.4 Å². The number of carbonyl (C=O) groups excluding carboxylic acids is 3. The van der Waals surface area contributed by atoms with Crippen molar-refractivity contribution in [1.82, 2.24) is 0 Å². The Labute approximate surface area is 344 Å². The van der Waals surface area contributed by atoms with E-state index in [9.17, 15) is 14.4 Å². The molecular formula is C50H82O6. The Balaban J connectivity index is 4.49. The fourth-order valence-electron chi connectivity index (χ4n) is 5.80. The smallest absolute Gasteiger partial charge is 0.306 e. The first-order valence-corrected chi connectivity index (χ1v) is 22.6. The van der Waals surface area contributed by atoms with Crippen LogP contribution in [-0.4, -0.2) is 37.2 Å². The molecule has 1 atom stereocenters. The molecule has 0 fully saturated rings. The third kappa shape index (κ3) is 41.7. The van der Waals surface area contributed by atoms with Crippen LogP contribution in [0.1, 0.15) is 194 Å². The number of esters is 3. The number of hydrogen-bond donors (Lipinski definition) is 0. The molecular weight excluding hydrogens is 697 g/mol. The summed E-state index contributed by atoms with van der Waals surface area (Å²) in [7, 11) is 0. The fraction of sp³-hybridized carbons (Fsp3) is 0.660. The van der Waals surface area contributed by atoms with Crippen LogP contribution in [0, 0.1) is 0 Å². The van der Waals surface area contributed by atoms with E-state index in [-0.39, 0.29) is 37.5 Å². The maximum Gasteiger partial charge on any atom is 0.306 e. The Bertz CT molecular complexity index is 1120. The van der Waals surface area contributed by atoms with Crippen LogP contribution >= 0.6 is 0 Å². The molecule has 0 aromatic heterocycles. The normalized spacial score (nSPS) is 12.8. The van der Waals surface area contributed by atoms with Crippen molar-refractivity contribution in [3.05, 3.63) is 85.1 Å². The Kier molecular flexibility index (Phi) is 41.6. The zero-order valence-electron chi connectivity index (χ0n) is 36.1. The molecule has 0 aliphatic heterocycles. The van der Waals surface area contributed by atoms with Gasteiger partial charge in [0.25, 0.3) is 0 Å². The minimum absolute atomic E-state index is 0.102. The molecule has 0 bridgehead atoms. The number of hydrogen-bond acceptors (Lipinski definition) is 6. The number of rotatable bonds is 39. The first-order valence-electron chi connectivity index (χ1n) is 22.6. The van der Waals surface area contributed by atoms with Crippen molar-refractivity contribution >= 4 is 17.9 Å². The van der Waals surface area contributed by atoms with E-state index in [2.05, 4.69) is 106 Å². The van der Waals surface area contributed by atoms with E-state index in [4.69, 9.17) is 14.2 Å². The van der Waals surface area contributed by atoms with Gasteiger partial charge in [0, 0.05) is 19.3 Å². The quantitative estimate of drug-likeness (QED) is 0.0268. The molecule has 0 saturated heterocycles. The van der Waals surface area contributed by atoms with Crippen LogP contribution in [0.15, 0.2) is 85.1 Å². The van der Waals surface area contributed by atoms with Gasteiger partial charge in [-0.15, -0.1) is 0 Å². The fourth-order valence-corrected chi connectivity index (χ4v) is 5.80. The Morgan fingerprint density at radius 1 is 0.375 bits per heavy atom. The molecule has 0 amide bonds. The zero-order chi connectivity index (χ0) is 40.8. The van der Waals surface area contributed by atoms with E-state index >= 15 is 0 Å². The van der Waals surface area contributed by atoms with E-state index in [0.29, 0.717) is 19.3 Å². The summed E-state index contributed by atoms with van der Waals surface area (Å²) in [6.07, 6.45) is 55.7. The first kappa shape index (κ1) is 52.6. The van der Waals surface area contributed by atoms with Crippen molar-refractivity contribution in [3.63, 3.8) is 0 Å². The molecule has 0 spiro atoms. The van der Waals surface area contributed by atoms with Gasteiger partial charge in [0.2, 0.25) is 0 Å². The molecule has 0 aromatic carbocycles. The lowest BCUT2D eigenvalue weighted by Gasteiger charge is -2.18. The van der Waals surface area contributed by atoms with Gasteiger partial charge in [0.15, 0.2) is 6.10 Å². The van der Waals surface area contributed by atoms with Gasteiger partial charge in [-0.1, -0.05) is 170 Å². The van der Waals surface area contributed by atoms with Crippen molar-refractivity contribution in [3.8, 4) is 0 Å². The van der Waals surface area contributed by atoms with E-state index in [1.165, 1.54) is 44.9 Å². The standard InChI is InChI=1S/C50H82O6/c1-4-7-10-13-16-19-22-24-25-26-27-29-31-34-37-40-43-49(52)55-46-47(45-54-48(51)42-39-36-33-30-21-18-15-12-9-6-3)56-50(53)44-41-38-35-32-28-23-20-17-14-11-8-5-2/h7-8,10-11,16-17,19-20,24-25,27-29,32,47H,4-6,9,12-15,18,21-23,26,30-31,33-46H2,1-3H3/b10-7-,11-8-,19-16-,20-17-,25-24-,29-27-,32-28-. The summed E-state index contributed by atoms with van der Waals surface area (Å²) in [6, 6.07) is 0. The van der Waals surface area contributed by atoms with Crippen molar-refractivity contribution in [1.29, 1.82) is 0 Å². The molecule has 0 saturated carbocycles. The molecule has 0 aromatic rings. The molecule has 0 aliphatic rings. The van der Waals surface area contributed by atoms with Crippen LogP contribution in [0.4, 0.5) is 0 Å². The first-order chi connectivity index (χ1) is 27.5. The second-order valence-electron chi connectivity index (χ2n) is 14.5. The highest BCUT2D eigenvalue weighted by molar-refractivity contribution is 5.71. The van der Waals surface area contributed by atoms with E-state index in [0.717, 1.165) is 103 Å². The maximum atomic E-state index is 12.7. The molecule has 1 unspecified atom stereocenters. The monoisotopic (exact) mass is 779 g/mol. The Morgan fingerprint density at radius 3 is 1.12 bits per heavy atom. The summed E-state index contributed by atoms with van der Waals surface area (Å²) in [6.45, 7) is 6.31. The lowest BCUT2D eigenvalue weighted by Crippen LogP contribution is -2.30. The molecule has 0 rings (SSSR count). The molecule has 6 heteroatoms. The second kappa shape index (κ2) is 44.3. The van der Waals surface area contributed by atoms with Crippen molar-refractivity contribution in [2.24, 2.45) is 0 Å². The highest BCUT2D eigenvalue weighted by Crippen LogP contribution is 2.13. The predicted octanol–water partition coefficient (Wildman–Crippen LogP) is 14.5. The van der Waals surface area contributed by atoms with E-state index in [1.807, 2.05) is 0 Å². The summed E-state index contributed by atoms with van der Waals surface area (Å²) in [4.78, 5) is 37.7. The van der Waals surface area contributed by atoms with Crippen molar-refractivity contribution < 1.29 is 28.6 Å². The number of carbonyl (C=O) groups is 3. The maximum absolute atomic E-state index is 12.7. The third-order valence-electron chi connectivity index (χ3n) is 9.15. The summed E-state index contributed by atoms with van der Waals surface area (Å²) < 4.78 is 16.6. The lowest BCUT2D eigenvalue weighted by atomic mass is 10.1. The van der Waals surface area contributed by atoms with E-state index < -0.39 is 6.10 Å². The number of ether oxygens (including phenoxy) is 3. The molecule has 0 radical (unpaired) electrons. The topological polar surface area (TPSA) is 78.9 Å². The second-order valence-corrected chi connectivity index (χ2v) is 14.5. The van der Waals surface area contributed by atoms with Gasteiger partial charge in [0.1, 0.15) is 13.2 Å². The van der Waals surface area contributed by atoms with Crippen LogP contribution in [0.2, 0.25) is 0 Å². The van der Waals surface area contributed by atoms with Gasteiger partial charge in [-0.05, 0) is 89.9 Å². The van der Waals surface area contributed by atoms with Crippen LogP contribution < -0.4 is 0 Å². The SMILES string of the molecule is CC/C=C\C/C=C\C/C=C\C/C=C\CCCCCC(=O)OCC(COC(=O)CCCCCCCCCCCC)OC(=O)CCCC/C=C\C/C=C\C/C=C\CC. The minimum atomic E-state index is -0.805. The van der Waals surface area contributed by atoms with Crippen molar-refractivity contribution in [2.75, 3.05) is 13.2 Å². The number of unbranched alkanes of at least 4 members (excludes halogenated alkanes) is 14. The number of allylic oxidation sites excluding steroid dienone is 14. The van der Waals surface area contributed by atoms with Gasteiger partial charge in [-0.2, -0.15) is 0 Å². The summed E-state index contributed by atoms with van der Waals surface area (Å²) in [5.41, 5.74) is 0. The predicted molar refractivity (Wildman–Crippen MR) is 237 cm³/mol. The molecule has 0 N–H and O–H groups in total. The van der Waals surface area contributed by atoms with Crippen LogP contribution in [0.25, 0.3) is 0 Å². The van der Waals surface area contributed by atoms with Crippen molar-refractivity contribution in [2.45, 2.75) is 200 Å². The van der Waals surface area contributed by atoms with E-state index in [1.54, 1.807) is 0 Å². The zero-order valence-corrected chi connectivity index (χ0v) is 36.1. The minimum Gasteiger partial charge on any atom is -0.462 e. The van der Waals surface area contributed by atoms with Crippen LogP contribution in [0.5, 0.6) is 0 Å². The van der Waals surface area contributed by atoms with Gasteiger partial charge in [-0.25, -0.2) is 0 Å². The Morgan fingerprint density at radius 2 is 0.696 bits per heavy atom. The van der Waals surface area contributed by atoms with Crippen LogP contribution in [-0.2, 0) is 28.6 Å². The van der Waals surface area contributed by atoms with Crippen LogP contribution in [0.3, 0.4) is 0 Å². The molecule has 0 heterocycles.